The summed E-state index contributed by atoms with van der Waals surface area (Å²) in [6, 6.07) is 7.95. The van der Waals surface area contributed by atoms with Gasteiger partial charge in [-0.1, -0.05) is 23.7 Å². The fraction of sp³-hybridized carbons (Fsp3) is 0.0714. The van der Waals surface area contributed by atoms with Gasteiger partial charge < -0.3 is 14.8 Å². The molecule has 0 bridgehead atoms. The molecular formula is C14H11BClNO6. The predicted molar refractivity (Wildman–Crippen MR) is 84.1 cm³/mol. The molecule has 2 aromatic rings. The number of benzene rings is 2. The van der Waals surface area contributed by atoms with E-state index in [2.05, 4.69) is 0 Å². The van der Waals surface area contributed by atoms with Crippen molar-refractivity contribution in [2.75, 3.05) is 0 Å². The highest BCUT2D eigenvalue weighted by Crippen LogP contribution is 2.28. The van der Waals surface area contributed by atoms with Crippen molar-refractivity contribution in [2.45, 2.75) is 6.92 Å². The Labute approximate surface area is 136 Å². The molecule has 118 valence electrons. The van der Waals surface area contributed by atoms with E-state index in [-0.39, 0.29) is 21.8 Å². The van der Waals surface area contributed by atoms with E-state index >= 15 is 0 Å². The van der Waals surface area contributed by atoms with Crippen LogP contribution in [0.1, 0.15) is 15.9 Å². The summed E-state index contributed by atoms with van der Waals surface area (Å²) in [6.07, 6.45) is 0. The fourth-order valence-corrected chi connectivity index (χ4v) is 2.16. The van der Waals surface area contributed by atoms with E-state index in [0.29, 0.717) is 5.56 Å². The Morgan fingerprint density at radius 3 is 2.57 bits per heavy atom. The Balaban J connectivity index is 2.41. The molecule has 2 aromatic carbocycles. The Bertz CT molecular complexity index is 760. The minimum Gasteiger partial charge on any atom is -0.423 e. The Morgan fingerprint density at radius 1 is 1.30 bits per heavy atom. The van der Waals surface area contributed by atoms with Gasteiger partial charge in [-0.05, 0) is 30.1 Å². The molecule has 2 rings (SSSR count). The summed E-state index contributed by atoms with van der Waals surface area (Å²) < 4.78 is 5.17. The predicted octanol–water partition coefficient (Wildman–Crippen LogP) is 1.46. The van der Waals surface area contributed by atoms with Crippen LogP contribution in [0.3, 0.4) is 0 Å². The van der Waals surface area contributed by atoms with Crippen molar-refractivity contribution < 1.29 is 24.5 Å². The molecule has 0 aromatic heterocycles. The van der Waals surface area contributed by atoms with Crippen molar-refractivity contribution in [1.82, 2.24) is 0 Å². The zero-order valence-corrected chi connectivity index (χ0v) is 12.6. The highest BCUT2D eigenvalue weighted by Gasteiger charge is 2.22. The van der Waals surface area contributed by atoms with Crippen molar-refractivity contribution in [3.63, 3.8) is 0 Å². The average molecular weight is 336 g/mol. The molecule has 0 saturated carbocycles. The second-order valence-electron chi connectivity index (χ2n) is 4.72. The zero-order valence-electron chi connectivity index (χ0n) is 11.9. The number of hydrogen-bond acceptors (Lipinski definition) is 6. The highest BCUT2D eigenvalue weighted by atomic mass is 35.5. The number of nitrogens with zero attached hydrogens (tertiary/aromatic N) is 1. The lowest BCUT2D eigenvalue weighted by Crippen LogP contribution is -2.31. The van der Waals surface area contributed by atoms with Crippen LogP contribution in [-0.2, 0) is 0 Å². The minimum atomic E-state index is -1.96. The number of esters is 1. The van der Waals surface area contributed by atoms with Crippen LogP contribution in [-0.4, -0.2) is 28.1 Å². The largest absolute Gasteiger partial charge is 0.488 e. The number of carbonyl (C=O) groups excluding carboxylic acids is 1. The number of nitro groups is 1. The summed E-state index contributed by atoms with van der Waals surface area (Å²) in [4.78, 5) is 22.3. The summed E-state index contributed by atoms with van der Waals surface area (Å²) in [5.41, 5.74) is -0.235. The van der Waals surface area contributed by atoms with Gasteiger partial charge >= 0.3 is 13.1 Å². The highest BCUT2D eigenvalue weighted by molar-refractivity contribution is 6.58. The molecule has 0 heterocycles. The summed E-state index contributed by atoms with van der Waals surface area (Å²) in [7, 11) is -1.96. The second-order valence-corrected chi connectivity index (χ2v) is 5.13. The van der Waals surface area contributed by atoms with Crippen LogP contribution in [0, 0.1) is 17.0 Å². The third-order valence-electron chi connectivity index (χ3n) is 3.04. The Morgan fingerprint density at radius 2 is 2.00 bits per heavy atom. The minimum absolute atomic E-state index is 0.136. The van der Waals surface area contributed by atoms with Crippen LogP contribution in [0.5, 0.6) is 5.75 Å². The van der Waals surface area contributed by atoms with E-state index in [1.165, 1.54) is 6.07 Å². The summed E-state index contributed by atoms with van der Waals surface area (Å²) in [6.45, 7) is 1.69. The van der Waals surface area contributed by atoms with Gasteiger partial charge in [0.05, 0.1) is 15.5 Å². The maximum Gasteiger partial charge on any atom is 0.488 e. The van der Waals surface area contributed by atoms with Gasteiger partial charge in [0.2, 0.25) is 0 Å². The van der Waals surface area contributed by atoms with E-state index < -0.39 is 23.7 Å². The molecule has 0 aliphatic heterocycles. The molecule has 9 heteroatoms. The van der Waals surface area contributed by atoms with Gasteiger partial charge in [-0.2, -0.15) is 0 Å². The molecule has 7 nitrogen and oxygen atoms in total. The van der Waals surface area contributed by atoms with Crippen LogP contribution < -0.4 is 10.2 Å². The van der Waals surface area contributed by atoms with Crippen molar-refractivity contribution in [2.24, 2.45) is 0 Å². The van der Waals surface area contributed by atoms with Gasteiger partial charge in [-0.15, -0.1) is 0 Å². The number of aryl methyl sites for hydroxylation is 1. The quantitative estimate of drug-likeness (QED) is 0.288. The molecule has 0 saturated heterocycles. The third-order valence-corrected chi connectivity index (χ3v) is 3.34. The lowest BCUT2D eigenvalue weighted by Gasteiger charge is -2.10. The van der Waals surface area contributed by atoms with E-state index in [1.807, 2.05) is 0 Å². The van der Waals surface area contributed by atoms with Gasteiger partial charge in [-0.25, -0.2) is 4.79 Å². The molecule has 23 heavy (non-hydrogen) atoms. The fourth-order valence-electron chi connectivity index (χ4n) is 1.90. The zero-order chi connectivity index (χ0) is 17.1. The molecule has 0 radical (unpaired) electrons. The normalized spacial score (nSPS) is 10.3. The first-order chi connectivity index (χ1) is 10.8. The topological polar surface area (TPSA) is 110 Å². The number of carbonyl (C=O) groups is 1. The van der Waals surface area contributed by atoms with Crippen molar-refractivity contribution >= 4 is 35.8 Å². The standard InChI is InChI=1S/C14H11BClNO6/c1-8-3-2-4-12(16)13(8)23-14(18)9-5-10(15(19)20)7-11(6-9)17(21)22/h2-7,19-20H,1H3. The van der Waals surface area contributed by atoms with Crippen LogP contribution in [0.15, 0.2) is 36.4 Å². The van der Waals surface area contributed by atoms with Crippen molar-refractivity contribution in [1.29, 1.82) is 0 Å². The lowest BCUT2D eigenvalue weighted by molar-refractivity contribution is -0.384. The molecular weight excluding hydrogens is 324 g/mol. The molecule has 2 N–H and O–H groups in total. The number of halogens is 1. The molecule has 0 aliphatic carbocycles. The van der Waals surface area contributed by atoms with Gasteiger partial charge in [0.15, 0.2) is 5.75 Å². The first kappa shape index (κ1) is 16.9. The van der Waals surface area contributed by atoms with Gasteiger partial charge in [0.25, 0.3) is 5.69 Å². The molecule has 0 aliphatic rings. The van der Waals surface area contributed by atoms with Crippen molar-refractivity contribution in [3.05, 3.63) is 62.7 Å². The summed E-state index contributed by atoms with van der Waals surface area (Å²) in [5, 5.41) is 29.4. The van der Waals surface area contributed by atoms with Crippen molar-refractivity contribution in [3.8, 4) is 5.75 Å². The SMILES string of the molecule is Cc1cccc(Cl)c1OC(=O)c1cc(B(O)O)cc([N+](=O)[O-])c1. The van der Waals surface area contributed by atoms with Gasteiger partial charge in [0.1, 0.15) is 0 Å². The number of hydrogen-bond donors (Lipinski definition) is 2. The Kier molecular flexibility index (Phi) is 5.00. The number of ether oxygens (including phenoxy) is 1. The van der Waals surface area contributed by atoms with E-state index in [4.69, 9.17) is 16.3 Å². The number of nitro benzene ring substituents is 1. The van der Waals surface area contributed by atoms with Crippen LogP contribution in [0.25, 0.3) is 0 Å². The first-order valence-corrected chi connectivity index (χ1v) is 6.80. The maximum atomic E-state index is 12.2. The van der Waals surface area contributed by atoms with Crippen LogP contribution in [0.2, 0.25) is 5.02 Å². The number of para-hydroxylation sites is 1. The first-order valence-electron chi connectivity index (χ1n) is 6.42. The lowest BCUT2D eigenvalue weighted by atomic mass is 9.79. The average Bonchev–Trinajstić information content (AvgIpc) is 2.50. The monoisotopic (exact) mass is 335 g/mol. The second kappa shape index (κ2) is 6.78. The third kappa shape index (κ3) is 3.86. The molecule has 0 spiro atoms. The van der Waals surface area contributed by atoms with E-state index in [9.17, 15) is 25.0 Å². The van der Waals surface area contributed by atoms with Gasteiger partial charge in [-0.3, -0.25) is 10.1 Å². The molecule has 0 amide bonds. The summed E-state index contributed by atoms with van der Waals surface area (Å²) in [5.74, 6) is -0.761. The molecule has 0 fully saturated rings. The summed E-state index contributed by atoms with van der Waals surface area (Å²) >= 11 is 5.96. The van der Waals surface area contributed by atoms with Crippen LogP contribution >= 0.6 is 11.6 Å². The molecule has 0 unspecified atom stereocenters. The van der Waals surface area contributed by atoms with E-state index in [0.717, 1.165) is 18.2 Å². The van der Waals surface area contributed by atoms with E-state index in [1.54, 1.807) is 19.1 Å². The number of rotatable bonds is 4. The smallest absolute Gasteiger partial charge is 0.423 e. The number of non-ortho nitro benzene ring substituents is 1. The van der Waals surface area contributed by atoms with Gasteiger partial charge in [0, 0.05) is 12.1 Å². The Hall–Kier alpha value is -2.42. The maximum absolute atomic E-state index is 12.2. The van der Waals surface area contributed by atoms with Crippen LogP contribution in [0.4, 0.5) is 5.69 Å². The molecule has 0 atom stereocenters.